The number of hydrogen-bond acceptors (Lipinski definition) is 3. The standard InChI is InChI=1S/C23H31N5O/c1-2-25-23(26-13-10-20-9-6-12-24-16-20)27-17-21-15-22(29)28(18-21)14-11-19-7-4-3-5-8-19/h3-9,12,16,21H,2,10-11,13-15,17-18H2,1H3,(H2,25,26,27). The van der Waals surface area contributed by atoms with Gasteiger partial charge in [-0.1, -0.05) is 36.4 Å². The highest BCUT2D eigenvalue weighted by atomic mass is 16.2. The van der Waals surface area contributed by atoms with Gasteiger partial charge in [-0.05, 0) is 37.0 Å². The molecule has 2 heterocycles. The number of guanidine groups is 1. The second-order valence-electron chi connectivity index (χ2n) is 7.40. The maximum atomic E-state index is 12.3. The highest BCUT2D eigenvalue weighted by Gasteiger charge is 2.28. The summed E-state index contributed by atoms with van der Waals surface area (Å²) in [5.41, 5.74) is 2.47. The van der Waals surface area contributed by atoms with Crippen LogP contribution in [-0.2, 0) is 17.6 Å². The minimum absolute atomic E-state index is 0.246. The van der Waals surface area contributed by atoms with Crippen LogP contribution in [0.25, 0.3) is 0 Å². The van der Waals surface area contributed by atoms with E-state index in [2.05, 4.69) is 40.7 Å². The van der Waals surface area contributed by atoms with Gasteiger partial charge >= 0.3 is 0 Å². The fourth-order valence-electron chi connectivity index (χ4n) is 3.53. The van der Waals surface area contributed by atoms with Gasteiger partial charge in [0, 0.05) is 57.5 Å². The van der Waals surface area contributed by atoms with Gasteiger partial charge in [0.15, 0.2) is 5.96 Å². The Morgan fingerprint density at radius 3 is 2.72 bits per heavy atom. The third kappa shape index (κ3) is 6.89. The number of pyridine rings is 1. The molecule has 0 aliphatic carbocycles. The summed E-state index contributed by atoms with van der Waals surface area (Å²) in [7, 11) is 0. The molecule has 1 aliphatic heterocycles. The molecule has 1 unspecified atom stereocenters. The number of aliphatic imine (C=N–C) groups is 1. The van der Waals surface area contributed by atoms with Gasteiger partial charge in [-0.15, -0.1) is 0 Å². The molecule has 3 rings (SSSR count). The first-order chi connectivity index (χ1) is 14.2. The predicted molar refractivity (Wildman–Crippen MR) is 117 cm³/mol. The molecule has 1 atom stereocenters. The van der Waals surface area contributed by atoms with Gasteiger partial charge in [0.1, 0.15) is 0 Å². The molecule has 154 valence electrons. The quantitative estimate of drug-likeness (QED) is 0.507. The third-order valence-corrected chi connectivity index (χ3v) is 5.09. The highest BCUT2D eigenvalue weighted by Crippen LogP contribution is 2.18. The molecule has 1 fully saturated rings. The number of nitrogens with zero attached hydrogens (tertiary/aromatic N) is 3. The van der Waals surface area contributed by atoms with Gasteiger partial charge in [0.05, 0.1) is 0 Å². The normalized spacial score (nSPS) is 16.9. The summed E-state index contributed by atoms with van der Waals surface area (Å²) in [6.45, 7) is 5.91. The minimum Gasteiger partial charge on any atom is -0.357 e. The number of amides is 1. The van der Waals surface area contributed by atoms with Crippen molar-refractivity contribution < 1.29 is 4.79 Å². The van der Waals surface area contributed by atoms with E-state index in [-0.39, 0.29) is 11.8 Å². The fourth-order valence-corrected chi connectivity index (χ4v) is 3.53. The number of hydrogen-bond donors (Lipinski definition) is 2. The molecule has 0 radical (unpaired) electrons. The van der Waals surface area contributed by atoms with Crippen LogP contribution in [0.1, 0.15) is 24.5 Å². The van der Waals surface area contributed by atoms with Crippen molar-refractivity contribution in [2.24, 2.45) is 10.9 Å². The van der Waals surface area contributed by atoms with Crippen LogP contribution in [0.3, 0.4) is 0 Å². The number of likely N-dealkylation sites (tertiary alicyclic amines) is 1. The van der Waals surface area contributed by atoms with Gasteiger partial charge in [0.2, 0.25) is 5.91 Å². The lowest BCUT2D eigenvalue weighted by atomic mass is 10.1. The summed E-state index contributed by atoms with van der Waals surface area (Å²) in [6, 6.07) is 14.4. The first kappa shape index (κ1) is 20.8. The van der Waals surface area contributed by atoms with E-state index in [1.807, 2.05) is 35.4 Å². The zero-order valence-electron chi connectivity index (χ0n) is 17.2. The Balaban J connectivity index is 1.44. The Morgan fingerprint density at radius 2 is 1.97 bits per heavy atom. The molecular weight excluding hydrogens is 362 g/mol. The molecule has 0 saturated carbocycles. The Kier molecular flexibility index (Phi) is 8.04. The van der Waals surface area contributed by atoms with Crippen molar-refractivity contribution in [2.75, 3.05) is 32.7 Å². The van der Waals surface area contributed by atoms with Crippen LogP contribution in [0.15, 0.2) is 59.9 Å². The second kappa shape index (κ2) is 11.2. The van der Waals surface area contributed by atoms with Crippen LogP contribution < -0.4 is 10.6 Å². The van der Waals surface area contributed by atoms with Gasteiger partial charge in [-0.25, -0.2) is 0 Å². The Morgan fingerprint density at radius 1 is 1.14 bits per heavy atom. The second-order valence-corrected chi connectivity index (χ2v) is 7.40. The van der Waals surface area contributed by atoms with E-state index in [9.17, 15) is 4.79 Å². The van der Waals surface area contributed by atoms with E-state index in [4.69, 9.17) is 4.99 Å². The van der Waals surface area contributed by atoms with E-state index in [0.717, 1.165) is 45.0 Å². The van der Waals surface area contributed by atoms with Crippen molar-refractivity contribution in [3.8, 4) is 0 Å². The van der Waals surface area contributed by atoms with Crippen molar-refractivity contribution in [1.82, 2.24) is 20.5 Å². The molecule has 1 aliphatic rings. The van der Waals surface area contributed by atoms with Crippen molar-refractivity contribution in [3.63, 3.8) is 0 Å². The molecule has 1 amide bonds. The summed E-state index contributed by atoms with van der Waals surface area (Å²) >= 11 is 0. The Hall–Kier alpha value is -2.89. The summed E-state index contributed by atoms with van der Waals surface area (Å²) in [4.78, 5) is 23.2. The molecule has 2 N–H and O–H groups in total. The highest BCUT2D eigenvalue weighted by molar-refractivity contribution is 5.80. The molecule has 1 aromatic heterocycles. The van der Waals surface area contributed by atoms with Crippen LogP contribution in [0.2, 0.25) is 0 Å². The molecule has 1 aromatic carbocycles. The topological polar surface area (TPSA) is 69.6 Å². The molecule has 29 heavy (non-hydrogen) atoms. The van der Waals surface area contributed by atoms with Crippen LogP contribution in [0, 0.1) is 5.92 Å². The predicted octanol–water partition coefficient (Wildman–Crippen LogP) is 2.27. The number of nitrogens with one attached hydrogen (secondary N) is 2. The molecule has 2 aromatic rings. The zero-order chi connectivity index (χ0) is 20.3. The lowest BCUT2D eigenvalue weighted by Gasteiger charge is -2.16. The fraction of sp³-hybridized carbons (Fsp3) is 0.435. The smallest absolute Gasteiger partial charge is 0.223 e. The first-order valence-corrected chi connectivity index (χ1v) is 10.5. The van der Waals surface area contributed by atoms with Gasteiger partial charge in [0.25, 0.3) is 0 Å². The summed E-state index contributed by atoms with van der Waals surface area (Å²) in [6.07, 6.45) is 6.07. The summed E-state index contributed by atoms with van der Waals surface area (Å²) in [5.74, 6) is 1.34. The number of carbonyl (C=O) groups excluding carboxylic acids is 1. The van der Waals surface area contributed by atoms with E-state index in [0.29, 0.717) is 13.0 Å². The number of carbonyl (C=O) groups is 1. The van der Waals surface area contributed by atoms with Gasteiger partial charge in [-0.2, -0.15) is 0 Å². The number of rotatable bonds is 9. The van der Waals surface area contributed by atoms with Crippen LogP contribution >= 0.6 is 0 Å². The molecule has 0 bridgehead atoms. The molecular formula is C23H31N5O. The molecule has 6 heteroatoms. The van der Waals surface area contributed by atoms with Gasteiger partial charge < -0.3 is 15.5 Å². The monoisotopic (exact) mass is 393 g/mol. The average Bonchev–Trinajstić information content (AvgIpc) is 3.11. The van der Waals surface area contributed by atoms with Crippen LogP contribution in [0.4, 0.5) is 0 Å². The van der Waals surface area contributed by atoms with Crippen molar-refractivity contribution in [3.05, 3.63) is 66.0 Å². The summed E-state index contributed by atoms with van der Waals surface area (Å²) in [5, 5.41) is 6.66. The van der Waals surface area contributed by atoms with E-state index < -0.39 is 0 Å². The minimum atomic E-state index is 0.246. The maximum Gasteiger partial charge on any atom is 0.223 e. The van der Waals surface area contributed by atoms with Crippen molar-refractivity contribution >= 4 is 11.9 Å². The average molecular weight is 394 g/mol. The lowest BCUT2D eigenvalue weighted by molar-refractivity contribution is -0.127. The van der Waals surface area contributed by atoms with E-state index >= 15 is 0 Å². The number of aromatic nitrogens is 1. The maximum absolute atomic E-state index is 12.3. The number of benzene rings is 1. The zero-order valence-corrected chi connectivity index (χ0v) is 17.2. The molecule has 6 nitrogen and oxygen atoms in total. The van der Waals surface area contributed by atoms with E-state index in [1.54, 1.807) is 6.20 Å². The molecule has 1 saturated heterocycles. The van der Waals surface area contributed by atoms with Crippen molar-refractivity contribution in [2.45, 2.75) is 26.2 Å². The Labute approximate surface area is 173 Å². The van der Waals surface area contributed by atoms with Crippen LogP contribution in [-0.4, -0.2) is 54.5 Å². The van der Waals surface area contributed by atoms with Crippen molar-refractivity contribution in [1.29, 1.82) is 0 Å². The molecule has 0 spiro atoms. The SMILES string of the molecule is CCNC(=NCC1CC(=O)N(CCc2ccccc2)C1)NCCc1cccnc1. The van der Waals surface area contributed by atoms with E-state index in [1.165, 1.54) is 11.1 Å². The Bertz CT molecular complexity index is 778. The first-order valence-electron chi connectivity index (χ1n) is 10.5. The largest absolute Gasteiger partial charge is 0.357 e. The van der Waals surface area contributed by atoms with Gasteiger partial charge in [-0.3, -0.25) is 14.8 Å². The third-order valence-electron chi connectivity index (χ3n) is 5.09. The van der Waals surface area contributed by atoms with Crippen LogP contribution in [0.5, 0.6) is 0 Å². The summed E-state index contributed by atoms with van der Waals surface area (Å²) < 4.78 is 0. The lowest BCUT2D eigenvalue weighted by Crippen LogP contribution is -2.38.